The molecule has 0 saturated carbocycles. The van der Waals surface area contributed by atoms with Gasteiger partial charge in [0.1, 0.15) is 0 Å². The van der Waals surface area contributed by atoms with E-state index in [4.69, 9.17) is 0 Å². The summed E-state index contributed by atoms with van der Waals surface area (Å²) < 4.78 is 0. The summed E-state index contributed by atoms with van der Waals surface area (Å²) in [5, 5.41) is 6.11. The second kappa shape index (κ2) is 9.73. The number of hydrogen-bond acceptors (Lipinski definition) is 2. The van der Waals surface area contributed by atoms with E-state index in [2.05, 4.69) is 42.7 Å². The Morgan fingerprint density at radius 1 is 0.966 bits per heavy atom. The summed E-state index contributed by atoms with van der Waals surface area (Å²) in [6, 6.07) is 16.4. The predicted octanol–water partition coefficient (Wildman–Crippen LogP) is 5.36. The lowest BCUT2D eigenvalue weighted by atomic mass is 9.87. The Bertz CT molecular complexity index is 842. The third-order valence-corrected chi connectivity index (χ3v) is 5.63. The fraction of sp³-hybridized carbons (Fsp3) is 0.440. The normalized spacial score (nSPS) is 16.8. The van der Waals surface area contributed by atoms with Crippen molar-refractivity contribution >= 4 is 17.5 Å². The molecule has 1 aliphatic rings. The second-order valence-corrected chi connectivity index (χ2v) is 8.55. The third kappa shape index (κ3) is 5.93. The quantitative estimate of drug-likeness (QED) is 0.666. The van der Waals surface area contributed by atoms with Crippen LogP contribution in [0, 0.1) is 5.92 Å². The second-order valence-electron chi connectivity index (χ2n) is 8.55. The van der Waals surface area contributed by atoms with E-state index in [1.54, 1.807) is 0 Å². The molecule has 1 aliphatic carbocycles. The molecule has 2 amide bonds. The molecule has 2 aromatic carbocycles. The van der Waals surface area contributed by atoms with Gasteiger partial charge in [-0.25, -0.2) is 0 Å². The number of aryl methyl sites for hydroxylation is 1. The van der Waals surface area contributed by atoms with Gasteiger partial charge in [0.15, 0.2) is 0 Å². The van der Waals surface area contributed by atoms with Crippen molar-refractivity contribution in [2.75, 3.05) is 5.32 Å². The maximum absolute atomic E-state index is 12.5. The number of anilines is 1. The zero-order chi connectivity index (χ0) is 20.8. The standard InChI is InChI=1S/C25H32N2O2/c1-17(2)19-11-13-21(14-12-19)26-24(28)15-18(3)16-25(29)27-23-10-6-8-20-7-4-5-9-22(20)23/h4-5,7,9,11-14,17-18,23H,6,8,10,15-16H2,1-3H3,(H,26,28)(H,27,29)/t18-,23+/m0/s1. The van der Waals surface area contributed by atoms with Crippen molar-refractivity contribution in [2.24, 2.45) is 5.92 Å². The number of carbonyl (C=O) groups is 2. The molecule has 0 fully saturated rings. The Labute approximate surface area is 174 Å². The zero-order valence-corrected chi connectivity index (χ0v) is 17.7. The highest BCUT2D eigenvalue weighted by atomic mass is 16.2. The number of nitrogens with one attached hydrogen (secondary N) is 2. The van der Waals surface area contributed by atoms with Gasteiger partial charge in [-0.1, -0.05) is 57.2 Å². The summed E-state index contributed by atoms with van der Waals surface area (Å²) in [5.74, 6) is 0.428. The molecule has 0 unspecified atom stereocenters. The van der Waals surface area contributed by atoms with Crippen LogP contribution in [-0.4, -0.2) is 11.8 Å². The van der Waals surface area contributed by atoms with Crippen molar-refractivity contribution in [1.29, 1.82) is 0 Å². The topological polar surface area (TPSA) is 58.2 Å². The molecule has 2 aromatic rings. The van der Waals surface area contributed by atoms with E-state index in [0.29, 0.717) is 18.8 Å². The van der Waals surface area contributed by atoms with Crippen LogP contribution in [0.4, 0.5) is 5.69 Å². The first-order valence-corrected chi connectivity index (χ1v) is 10.7. The van der Waals surface area contributed by atoms with E-state index in [1.165, 1.54) is 16.7 Å². The lowest BCUT2D eigenvalue weighted by Crippen LogP contribution is -2.32. The van der Waals surface area contributed by atoms with E-state index in [-0.39, 0.29) is 23.8 Å². The summed E-state index contributed by atoms with van der Waals surface area (Å²) in [6.45, 7) is 6.24. The van der Waals surface area contributed by atoms with E-state index in [9.17, 15) is 9.59 Å². The molecule has 0 aromatic heterocycles. The molecule has 2 N–H and O–H groups in total. The van der Waals surface area contributed by atoms with Gasteiger partial charge in [-0.05, 0) is 59.9 Å². The molecule has 0 bridgehead atoms. The van der Waals surface area contributed by atoms with Gasteiger partial charge in [0.25, 0.3) is 0 Å². The molecule has 0 heterocycles. The molecule has 0 aliphatic heterocycles. The van der Waals surface area contributed by atoms with Crippen LogP contribution < -0.4 is 10.6 Å². The van der Waals surface area contributed by atoms with Gasteiger partial charge in [-0.15, -0.1) is 0 Å². The first-order chi connectivity index (χ1) is 13.9. The average molecular weight is 393 g/mol. The molecule has 4 nitrogen and oxygen atoms in total. The van der Waals surface area contributed by atoms with Crippen LogP contribution in [0.1, 0.15) is 75.1 Å². The summed E-state index contributed by atoms with van der Waals surface area (Å²) in [7, 11) is 0. The highest BCUT2D eigenvalue weighted by Gasteiger charge is 2.22. The Kier molecular flexibility index (Phi) is 7.08. The molecule has 154 valence electrons. The molecule has 0 saturated heterocycles. The Morgan fingerprint density at radius 2 is 1.66 bits per heavy atom. The average Bonchev–Trinajstić information content (AvgIpc) is 2.68. The SMILES string of the molecule is CC(C)c1ccc(NC(=O)C[C@H](C)CC(=O)N[C@@H]2CCCc3ccccc32)cc1. The molecule has 0 radical (unpaired) electrons. The Hall–Kier alpha value is -2.62. The fourth-order valence-electron chi connectivity index (χ4n) is 4.03. The number of amides is 2. The van der Waals surface area contributed by atoms with Crippen LogP contribution in [0.5, 0.6) is 0 Å². The maximum atomic E-state index is 12.5. The molecule has 4 heteroatoms. The third-order valence-electron chi connectivity index (χ3n) is 5.63. The molecule has 3 rings (SSSR count). The summed E-state index contributed by atoms with van der Waals surface area (Å²) >= 11 is 0. The van der Waals surface area contributed by atoms with E-state index < -0.39 is 0 Å². The Balaban J connectivity index is 1.47. The first-order valence-electron chi connectivity index (χ1n) is 10.7. The van der Waals surface area contributed by atoms with Crippen molar-refractivity contribution in [3.63, 3.8) is 0 Å². The number of carbonyl (C=O) groups excluding carboxylic acids is 2. The smallest absolute Gasteiger partial charge is 0.224 e. The van der Waals surface area contributed by atoms with Gasteiger partial charge in [-0.3, -0.25) is 9.59 Å². The highest BCUT2D eigenvalue weighted by molar-refractivity contribution is 5.91. The number of fused-ring (bicyclic) bond motifs is 1. The van der Waals surface area contributed by atoms with Gasteiger partial charge in [-0.2, -0.15) is 0 Å². The summed E-state index contributed by atoms with van der Waals surface area (Å²) in [4.78, 5) is 24.9. The molecular weight excluding hydrogens is 360 g/mol. The molecule has 2 atom stereocenters. The lowest BCUT2D eigenvalue weighted by Gasteiger charge is -2.26. The minimum Gasteiger partial charge on any atom is -0.349 e. The van der Waals surface area contributed by atoms with Crippen LogP contribution in [-0.2, 0) is 16.0 Å². The van der Waals surface area contributed by atoms with Crippen molar-refractivity contribution in [1.82, 2.24) is 5.32 Å². The van der Waals surface area contributed by atoms with Crippen molar-refractivity contribution in [3.8, 4) is 0 Å². The van der Waals surface area contributed by atoms with Crippen LogP contribution in [0.15, 0.2) is 48.5 Å². The predicted molar refractivity (Wildman–Crippen MR) is 118 cm³/mol. The maximum Gasteiger partial charge on any atom is 0.224 e. The van der Waals surface area contributed by atoms with Crippen LogP contribution >= 0.6 is 0 Å². The lowest BCUT2D eigenvalue weighted by molar-refractivity contribution is -0.123. The Morgan fingerprint density at radius 3 is 2.38 bits per heavy atom. The van der Waals surface area contributed by atoms with Crippen molar-refractivity contribution < 1.29 is 9.59 Å². The van der Waals surface area contributed by atoms with Gasteiger partial charge >= 0.3 is 0 Å². The zero-order valence-electron chi connectivity index (χ0n) is 17.7. The molecular formula is C25H32N2O2. The van der Waals surface area contributed by atoms with E-state index in [1.807, 2.05) is 37.3 Å². The van der Waals surface area contributed by atoms with E-state index in [0.717, 1.165) is 24.9 Å². The van der Waals surface area contributed by atoms with Gasteiger partial charge in [0.2, 0.25) is 11.8 Å². The van der Waals surface area contributed by atoms with Crippen LogP contribution in [0.25, 0.3) is 0 Å². The minimum absolute atomic E-state index is 0.0104. The van der Waals surface area contributed by atoms with Gasteiger partial charge in [0.05, 0.1) is 6.04 Å². The van der Waals surface area contributed by atoms with E-state index >= 15 is 0 Å². The largest absolute Gasteiger partial charge is 0.349 e. The first kappa shape index (κ1) is 21.1. The monoisotopic (exact) mass is 392 g/mol. The minimum atomic E-state index is -0.0504. The van der Waals surface area contributed by atoms with Crippen LogP contribution in [0.2, 0.25) is 0 Å². The summed E-state index contributed by atoms with van der Waals surface area (Å²) in [6.07, 6.45) is 3.84. The molecule has 0 spiro atoms. The number of benzene rings is 2. The van der Waals surface area contributed by atoms with Crippen molar-refractivity contribution in [3.05, 3.63) is 65.2 Å². The van der Waals surface area contributed by atoms with Gasteiger partial charge < -0.3 is 10.6 Å². The number of hydrogen-bond donors (Lipinski definition) is 2. The summed E-state index contributed by atoms with van der Waals surface area (Å²) in [5.41, 5.74) is 4.62. The van der Waals surface area contributed by atoms with Gasteiger partial charge in [0, 0.05) is 18.5 Å². The highest BCUT2D eigenvalue weighted by Crippen LogP contribution is 2.29. The molecule has 29 heavy (non-hydrogen) atoms. The number of rotatable bonds is 7. The fourth-order valence-corrected chi connectivity index (χ4v) is 4.03. The van der Waals surface area contributed by atoms with Crippen LogP contribution in [0.3, 0.4) is 0 Å². The van der Waals surface area contributed by atoms with Crippen molar-refractivity contribution in [2.45, 2.75) is 64.8 Å².